The molecule has 1 rings (SSSR count). The number of anilines is 2. The fraction of sp³-hybridized carbons (Fsp3) is 0.500. The van der Waals surface area contributed by atoms with Gasteiger partial charge in [-0.2, -0.15) is 13.2 Å². The van der Waals surface area contributed by atoms with Crippen LogP contribution in [0.3, 0.4) is 0 Å². The number of thiophene rings is 1. The number of ketones is 1. The van der Waals surface area contributed by atoms with Crippen LogP contribution in [0.4, 0.5) is 23.9 Å². The average molecular weight is 323 g/mol. The Morgan fingerprint density at radius 3 is 2.33 bits per heavy atom. The second-order valence-corrected chi connectivity index (χ2v) is 5.74. The van der Waals surface area contributed by atoms with Crippen molar-refractivity contribution in [2.24, 2.45) is 11.7 Å². The van der Waals surface area contributed by atoms with E-state index in [-0.39, 0.29) is 32.8 Å². The first-order chi connectivity index (χ1) is 9.54. The van der Waals surface area contributed by atoms with Crippen molar-refractivity contribution >= 4 is 33.7 Å². The fourth-order valence-electron chi connectivity index (χ4n) is 1.58. The van der Waals surface area contributed by atoms with Crippen molar-refractivity contribution in [3.05, 3.63) is 10.4 Å². The standard InChI is InChI=1S/C12H16F3N3O2S/c1-5(2)8(19)9-7(16)6(10(17)20)11(21-9)18-4-3-12(13,14)15/h5,18H,3-4,16H2,1-2H3,(H2,17,20). The number of alkyl halides is 3. The van der Waals surface area contributed by atoms with E-state index in [4.69, 9.17) is 11.5 Å². The van der Waals surface area contributed by atoms with Gasteiger partial charge in [0.15, 0.2) is 5.78 Å². The molecule has 1 aromatic heterocycles. The van der Waals surface area contributed by atoms with Gasteiger partial charge in [0.2, 0.25) is 0 Å². The molecule has 9 heteroatoms. The van der Waals surface area contributed by atoms with Crippen molar-refractivity contribution < 1.29 is 22.8 Å². The first-order valence-corrected chi connectivity index (χ1v) is 6.93. The van der Waals surface area contributed by atoms with Crippen LogP contribution >= 0.6 is 11.3 Å². The summed E-state index contributed by atoms with van der Waals surface area (Å²) in [5.41, 5.74) is 10.7. The maximum Gasteiger partial charge on any atom is 0.390 e. The molecule has 0 aromatic carbocycles. The summed E-state index contributed by atoms with van der Waals surface area (Å²) in [6.45, 7) is 2.88. The molecule has 0 saturated heterocycles. The molecule has 0 aliphatic heterocycles. The highest BCUT2D eigenvalue weighted by molar-refractivity contribution is 7.19. The Balaban J connectivity index is 3.05. The molecule has 1 amide bonds. The van der Waals surface area contributed by atoms with E-state index in [1.807, 2.05) is 0 Å². The van der Waals surface area contributed by atoms with Crippen LogP contribution in [-0.2, 0) is 0 Å². The summed E-state index contributed by atoms with van der Waals surface area (Å²) in [5.74, 6) is -1.53. The molecule has 0 radical (unpaired) electrons. The predicted molar refractivity (Wildman–Crippen MR) is 75.6 cm³/mol. The van der Waals surface area contributed by atoms with E-state index < -0.39 is 25.0 Å². The topological polar surface area (TPSA) is 98.2 Å². The second kappa shape index (κ2) is 6.33. The van der Waals surface area contributed by atoms with Crippen molar-refractivity contribution in [1.29, 1.82) is 0 Å². The monoisotopic (exact) mass is 323 g/mol. The summed E-state index contributed by atoms with van der Waals surface area (Å²) >= 11 is 0.848. The molecule has 1 heterocycles. The Bertz CT molecular complexity index is 553. The summed E-state index contributed by atoms with van der Waals surface area (Å²) in [5, 5.41) is 2.56. The maximum atomic E-state index is 12.1. The van der Waals surface area contributed by atoms with Gasteiger partial charge in [-0.1, -0.05) is 13.8 Å². The molecule has 0 atom stereocenters. The van der Waals surface area contributed by atoms with Gasteiger partial charge in [0.1, 0.15) is 5.00 Å². The Hall–Kier alpha value is -1.77. The largest absolute Gasteiger partial charge is 0.397 e. The van der Waals surface area contributed by atoms with Crippen LogP contribution in [0.2, 0.25) is 0 Å². The maximum absolute atomic E-state index is 12.1. The van der Waals surface area contributed by atoms with Gasteiger partial charge in [-0.3, -0.25) is 9.59 Å². The molecule has 1 aromatic rings. The molecule has 0 aliphatic rings. The number of amides is 1. The van der Waals surface area contributed by atoms with Gasteiger partial charge < -0.3 is 16.8 Å². The van der Waals surface area contributed by atoms with Crippen molar-refractivity contribution in [2.75, 3.05) is 17.6 Å². The number of hydrogen-bond acceptors (Lipinski definition) is 5. The van der Waals surface area contributed by atoms with Gasteiger partial charge in [0, 0.05) is 12.5 Å². The van der Waals surface area contributed by atoms with Crippen LogP contribution in [0.25, 0.3) is 0 Å². The van der Waals surface area contributed by atoms with Gasteiger partial charge in [-0.15, -0.1) is 11.3 Å². The summed E-state index contributed by atoms with van der Waals surface area (Å²) in [6, 6.07) is 0. The average Bonchev–Trinajstić information content (AvgIpc) is 2.63. The normalized spacial score (nSPS) is 11.7. The number of nitrogen functional groups attached to an aromatic ring is 1. The molecule has 0 bridgehead atoms. The Morgan fingerprint density at radius 2 is 1.90 bits per heavy atom. The third-order valence-corrected chi connectivity index (χ3v) is 3.81. The zero-order valence-electron chi connectivity index (χ0n) is 11.5. The number of carbonyl (C=O) groups is 2. The fourth-order valence-corrected chi connectivity index (χ4v) is 2.82. The SMILES string of the molecule is CC(C)C(=O)c1sc(NCCC(F)(F)F)c(C(N)=O)c1N. The molecule has 118 valence electrons. The molecule has 0 aliphatic carbocycles. The highest BCUT2D eigenvalue weighted by Crippen LogP contribution is 2.37. The lowest BCUT2D eigenvalue weighted by molar-refractivity contribution is -0.131. The van der Waals surface area contributed by atoms with E-state index in [0.29, 0.717) is 0 Å². The van der Waals surface area contributed by atoms with Gasteiger partial charge >= 0.3 is 6.18 Å². The van der Waals surface area contributed by atoms with Gasteiger partial charge in [0.05, 0.1) is 22.5 Å². The number of Topliss-reactive ketones (excluding diaryl/α,β-unsaturated/α-hetero) is 1. The number of nitrogens with one attached hydrogen (secondary N) is 1. The van der Waals surface area contributed by atoms with Crippen LogP contribution in [0, 0.1) is 5.92 Å². The Kier molecular flexibility index (Phi) is 5.21. The summed E-state index contributed by atoms with van der Waals surface area (Å²) in [6.07, 6.45) is -5.39. The van der Waals surface area contributed by atoms with E-state index in [0.717, 1.165) is 11.3 Å². The molecular weight excluding hydrogens is 307 g/mol. The number of primary amides is 1. The lowest BCUT2D eigenvalue weighted by atomic mass is 10.1. The molecule has 0 fully saturated rings. The number of hydrogen-bond donors (Lipinski definition) is 3. The first kappa shape index (κ1) is 17.3. The number of halogens is 3. The predicted octanol–water partition coefficient (Wildman–Crippen LogP) is 2.63. The van der Waals surface area contributed by atoms with Crippen LogP contribution < -0.4 is 16.8 Å². The van der Waals surface area contributed by atoms with E-state index in [9.17, 15) is 22.8 Å². The minimum Gasteiger partial charge on any atom is -0.397 e. The van der Waals surface area contributed by atoms with Gasteiger partial charge in [-0.25, -0.2) is 0 Å². The Morgan fingerprint density at radius 1 is 1.33 bits per heavy atom. The van der Waals surface area contributed by atoms with E-state index >= 15 is 0 Å². The number of nitrogens with two attached hydrogens (primary N) is 2. The smallest absolute Gasteiger partial charge is 0.390 e. The van der Waals surface area contributed by atoms with Crippen LogP contribution in [0.1, 0.15) is 40.3 Å². The molecule has 5 nitrogen and oxygen atoms in total. The third-order valence-electron chi connectivity index (χ3n) is 2.63. The highest BCUT2D eigenvalue weighted by atomic mass is 32.1. The van der Waals surface area contributed by atoms with Crippen LogP contribution in [0.5, 0.6) is 0 Å². The molecule has 5 N–H and O–H groups in total. The molecule has 0 spiro atoms. The highest BCUT2D eigenvalue weighted by Gasteiger charge is 2.28. The number of rotatable bonds is 6. The van der Waals surface area contributed by atoms with Crippen molar-refractivity contribution in [3.8, 4) is 0 Å². The lowest BCUT2D eigenvalue weighted by Gasteiger charge is -2.08. The number of carbonyl (C=O) groups excluding carboxylic acids is 2. The molecule has 0 saturated carbocycles. The minimum atomic E-state index is -4.32. The van der Waals surface area contributed by atoms with Crippen LogP contribution in [0.15, 0.2) is 0 Å². The molecular formula is C12H16F3N3O2S. The summed E-state index contributed by atoms with van der Waals surface area (Å²) in [7, 11) is 0. The van der Waals surface area contributed by atoms with E-state index in [1.165, 1.54) is 0 Å². The van der Waals surface area contributed by atoms with Crippen molar-refractivity contribution in [3.63, 3.8) is 0 Å². The third kappa shape index (κ3) is 4.35. The van der Waals surface area contributed by atoms with E-state index in [2.05, 4.69) is 5.32 Å². The summed E-state index contributed by atoms with van der Waals surface area (Å²) in [4.78, 5) is 23.5. The zero-order valence-corrected chi connectivity index (χ0v) is 12.3. The van der Waals surface area contributed by atoms with Crippen LogP contribution in [-0.4, -0.2) is 24.4 Å². The molecule has 0 unspecified atom stereocenters. The van der Waals surface area contributed by atoms with E-state index in [1.54, 1.807) is 13.8 Å². The zero-order chi connectivity index (χ0) is 16.4. The van der Waals surface area contributed by atoms with Crippen molar-refractivity contribution in [2.45, 2.75) is 26.4 Å². The quantitative estimate of drug-likeness (QED) is 0.701. The molecule has 21 heavy (non-hydrogen) atoms. The summed E-state index contributed by atoms with van der Waals surface area (Å²) < 4.78 is 36.4. The second-order valence-electron chi connectivity index (χ2n) is 4.72. The first-order valence-electron chi connectivity index (χ1n) is 6.11. The minimum absolute atomic E-state index is 0.0827. The van der Waals surface area contributed by atoms with Gasteiger partial charge in [-0.05, 0) is 0 Å². The van der Waals surface area contributed by atoms with Gasteiger partial charge in [0.25, 0.3) is 5.91 Å². The van der Waals surface area contributed by atoms with Crippen molar-refractivity contribution in [1.82, 2.24) is 0 Å². The lowest BCUT2D eigenvalue weighted by Crippen LogP contribution is -2.18. The Labute approximate surface area is 123 Å².